The van der Waals surface area contributed by atoms with E-state index in [0.717, 1.165) is 12.1 Å². The fraction of sp³-hybridized carbons (Fsp3) is 1.00. The van der Waals surface area contributed by atoms with Crippen LogP contribution in [-0.2, 0) is 0 Å². The standard InChI is InChI=1S/C8H17N/c1-3-8-6-4-5-7(2)9-8/h7-9H,3-6H2,1-2H3/t7-,8?/m1/s1. The van der Waals surface area contributed by atoms with E-state index in [4.69, 9.17) is 0 Å². The summed E-state index contributed by atoms with van der Waals surface area (Å²) in [4.78, 5) is 0. The summed E-state index contributed by atoms with van der Waals surface area (Å²) < 4.78 is 0. The highest BCUT2D eigenvalue weighted by atomic mass is 14.9. The summed E-state index contributed by atoms with van der Waals surface area (Å²) in [6, 6.07) is 1.58. The summed E-state index contributed by atoms with van der Waals surface area (Å²) in [5.41, 5.74) is 0. The van der Waals surface area contributed by atoms with Gasteiger partial charge < -0.3 is 5.32 Å². The second kappa shape index (κ2) is 3.21. The van der Waals surface area contributed by atoms with Crippen LogP contribution in [0, 0.1) is 0 Å². The molecule has 1 nitrogen and oxygen atoms in total. The number of rotatable bonds is 1. The Bertz CT molecular complexity index is 80.6. The highest BCUT2D eigenvalue weighted by Crippen LogP contribution is 2.13. The van der Waals surface area contributed by atoms with Crippen molar-refractivity contribution in [1.82, 2.24) is 5.32 Å². The van der Waals surface area contributed by atoms with Gasteiger partial charge in [-0.3, -0.25) is 0 Å². The predicted octanol–water partition coefficient (Wildman–Crippen LogP) is 1.93. The fourth-order valence-corrected chi connectivity index (χ4v) is 1.56. The molecule has 0 spiro atoms. The van der Waals surface area contributed by atoms with Gasteiger partial charge in [-0.1, -0.05) is 13.3 Å². The maximum atomic E-state index is 3.57. The van der Waals surface area contributed by atoms with Gasteiger partial charge in [0.15, 0.2) is 0 Å². The molecule has 1 fully saturated rings. The molecule has 0 aliphatic carbocycles. The highest BCUT2D eigenvalue weighted by molar-refractivity contribution is 4.75. The molecule has 1 heteroatoms. The Labute approximate surface area is 57.8 Å². The number of hydrogen-bond acceptors (Lipinski definition) is 1. The summed E-state index contributed by atoms with van der Waals surface area (Å²) >= 11 is 0. The van der Waals surface area contributed by atoms with Crippen LogP contribution in [0.15, 0.2) is 0 Å². The molecule has 1 aliphatic rings. The molecule has 0 aromatic carbocycles. The Hall–Kier alpha value is -0.0400. The van der Waals surface area contributed by atoms with Crippen LogP contribution in [0.2, 0.25) is 0 Å². The average Bonchev–Trinajstić information content (AvgIpc) is 1.88. The molecule has 1 unspecified atom stereocenters. The van der Waals surface area contributed by atoms with Gasteiger partial charge in [0.05, 0.1) is 0 Å². The maximum Gasteiger partial charge on any atom is 0.00669 e. The van der Waals surface area contributed by atoms with Gasteiger partial charge in [0.1, 0.15) is 0 Å². The summed E-state index contributed by atoms with van der Waals surface area (Å²) in [5, 5.41) is 3.57. The molecular weight excluding hydrogens is 110 g/mol. The molecule has 54 valence electrons. The van der Waals surface area contributed by atoms with Crippen molar-refractivity contribution in [3.8, 4) is 0 Å². The van der Waals surface area contributed by atoms with Gasteiger partial charge in [-0.25, -0.2) is 0 Å². The van der Waals surface area contributed by atoms with Gasteiger partial charge in [-0.2, -0.15) is 0 Å². The van der Waals surface area contributed by atoms with Gasteiger partial charge >= 0.3 is 0 Å². The van der Waals surface area contributed by atoms with E-state index in [1.54, 1.807) is 0 Å². The summed E-state index contributed by atoms with van der Waals surface area (Å²) in [6.07, 6.45) is 5.48. The van der Waals surface area contributed by atoms with Gasteiger partial charge in [-0.15, -0.1) is 0 Å². The third-order valence-corrected chi connectivity index (χ3v) is 2.20. The quantitative estimate of drug-likeness (QED) is 0.567. The van der Waals surface area contributed by atoms with Crippen LogP contribution in [0.5, 0.6) is 0 Å². The Morgan fingerprint density at radius 3 is 2.67 bits per heavy atom. The third-order valence-electron chi connectivity index (χ3n) is 2.20. The summed E-state index contributed by atoms with van der Waals surface area (Å²) in [7, 11) is 0. The molecule has 1 saturated heterocycles. The van der Waals surface area contributed by atoms with E-state index in [1.807, 2.05) is 0 Å². The first-order valence-corrected chi connectivity index (χ1v) is 4.09. The first-order valence-electron chi connectivity index (χ1n) is 4.09. The smallest absolute Gasteiger partial charge is 0.00669 e. The Morgan fingerprint density at radius 1 is 1.44 bits per heavy atom. The highest BCUT2D eigenvalue weighted by Gasteiger charge is 2.14. The van der Waals surface area contributed by atoms with Crippen LogP contribution in [0.3, 0.4) is 0 Å². The van der Waals surface area contributed by atoms with Gasteiger partial charge in [0, 0.05) is 12.1 Å². The van der Waals surface area contributed by atoms with Crippen molar-refractivity contribution >= 4 is 0 Å². The lowest BCUT2D eigenvalue weighted by Crippen LogP contribution is -2.39. The summed E-state index contributed by atoms with van der Waals surface area (Å²) in [6.45, 7) is 4.54. The van der Waals surface area contributed by atoms with Gasteiger partial charge in [0.2, 0.25) is 0 Å². The first kappa shape index (κ1) is 7.07. The fourth-order valence-electron chi connectivity index (χ4n) is 1.56. The molecule has 1 rings (SSSR count). The van der Waals surface area contributed by atoms with E-state index < -0.39 is 0 Å². The minimum absolute atomic E-state index is 0.767. The molecule has 0 amide bonds. The molecule has 1 N–H and O–H groups in total. The van der Waals surface area contributed by atoms with Crippen molar-refractivity contribution < 1.29 is 0 Å². The monoisotopic (exact) mass is 127 g/mol. The van der Waals surface area contributed by atoms with Crippen molar-refractivity contribution in [1.29, 1.82) is 0 Å². The molecule has 9 heavy (non-hydrogen) atoms. The molecule has 0 saturated carbocycles. The molecule has 1 heterocycles. The van der Waals surface area contributed by atoms with Crippen molar-refractivity contribution in [2.24, 2.45) is 0 Å². The number of piperidine rings is 1. The van der Waals surface area contributed by atoms with Crippen LogP contribution in [0.1, 0.15) is 39.5 Å². The Kier molecular flexibility index (Phi) is 2.52. The zero-order chi connectivity index (χ0) is 6.69. The Balaban J connectivity index is 2.23. The van der Waals surface area contributed by atoms with Gasteiger partial charge in [-0.05, 0) is 26.2 Å². The lowest BCUT2D eigenvalue weighted by molar-refractivity contribution is 0.329. The topological polar surface area (TPSA) is 12.0 Å². The minimum atomic E-state index is 0.767. The van der Waals surface area contributed by atoms with E-state index in [0.29, 0.717) is 0 Å². The van der Waals surface area contributed by atoms with E-state index >= 15 is 0 Å². The number of nitrogens with one attached hydrogen (secondary N) is 1. The Morgan fingerprint density at radius 2 is 2.22 bits per heavy atom. The second-order valence-corrected chi connectivity index (χ2v) is 3.10. The van der Waals surface area contributed by atoms with Crippen LogP contribution in [-0.4, -0.2) is 12.1 Å². The van der Waals surface area contributed by atoms with Gasteiger partial charge in [0.25, 0.3) is 0 Å². The van der Waals surface area contributed by atoms with Crippen molar-refractivity contribution in [3.63, 3.8) is 0 Å². The largest absolute Gasteiger partial charge is 0.312 e. The molecule has 2 atom stereocenters. The normalized spacial score (nSPS) is 36.7. The summed E-state index contributed by atoms with van der Waals surface area (Å²) in [5.74, 6) is 0. The average molecular weight is 127 g/mol. The predicted molar refractivity (Wildman–Crippen MR) is 40.5 cm³/mol. The van der Waals surface area contributed by atoms with Crippen molar-refractivity contribution in [3.05, 3.63) is 0 Å². The molecule has 0 radical (unpaired) electrons. The van der Waals surface area contributed by atoms with E-state index in [1.165, 1.54) is 25.7 Å². The SMILES string of the molecule is CCC1CCC[C@@H](C)N1. The van der Waals surface area contributed by atoms with E-state index in [2.05, 4.69) is 19.2 Å². The van der Waals surface area contributed by atoms with E-state index in [-0.39, 0.29) is 0 Å². The van der Waals surface area contributed by atoms with E-state index in [9.17, 15) is 0 Å². The minimum Gasteiger partial charge on any atom is -0.312 e. The molecule has 0 aromatic heterocycles. The van der Waals surface area contributed by atoms with Crippen LogP contribution in [0.25, 0.3) is 0 Å². The zero-order valence-electron chi connectivity index (χ0n) is 6.48. The lowest BCUT2D eigenvalue weighted by atomic mass is 9.98. The van der Waals surface area contributed by atoms with Crippen LogP contribution in [0.4, 0.5) is 0 Å². The molecule has 0 bridgehead atoms. The molecule has 1 aliphatic heterocycles. The van der Waals surface area contributed by atoms with Crippen LogP contribution >= 0.6 is 0 Å². The molecular formula is C8H17N. The first-order chi connectivity index (χ1) is 4.33. The second-order valence-electron chi connectivity index (χ2n) is 3.10. The third kappa shape index (κ3) is 1.98. The van der Waals surface area contributed by atoms with Crippen LogP contribution < -0.4 is 5.32 Å². The zero-order valence-corrected chi connectivity index (χ0v) is 6.48. The number of hydrogen-bond donors (Lipinski definition) is 1. The van der Waals surface area contributed by atoms with Crippen molar-refractivity contribution in [2.45, 2.75) is 51.6 Å². The lowest BCUT2D eigenvalue weighted by Gasteiger charge is -2.27. The molecule has 0 aromatic rings. The maximum absolute atomic E-state index is 3.57. The van der Waals surface area contributed by atoms with Crippen molar-refractivity contribution in [2.75, 3.05) is 0 Å².